The molecule has 0 fully saturated rings. The van der Waals surface area contributed by atoms with Gasteiger partial charge in [0.15, 0.2) is 5.65 Å². The molecular formula is C9H9N3O3. The summed E-state index contributed by atoms with van der Waals surface area (Å²) in [6.07, 6.45) is 0. The molecule has 2 aromatic heterocycles. The smallest absolute Gasteiger partial charge is 0.356 e. The number of nitrogens with zero attached hydrogens (tertiary/aromatic N) is 2. The van der Waals surface area contributed by atoms with Crippen LogP contribution in [0.25, 0.3) is 5.65 Å². The van der Waals surface area contributed by atoms with Crippen LogP contribution in [0.2, 0.25) is 0 Å². The number of nitrogens with one attached hydrogen (secondary N) is 1. The van der Waals surface area contributed by atoms with E-state index in [2.05, 4.69) is 14.8 Å². The fourth-order valence-corrected chi connectivity index (χ4v) is 1.32. The zero-order chi connectivity index (χ0) is 11.0. The van der Waals surface area contributed by atoms with Gasteiger partial charge in [0, 0.05) is 17.8 Å². The maximum Gasteiger partial charge on any atom is 0.356 e. The third kappa shape index (κ3) is 1.50. The maximum atomic E-state index is 11.5. The first-order chi connectivity index (χ1) is 7.11. The summed E-state index contributed by atoms with van der Waals surface area (Å²) in [5.41, 5.74) is 0.955. The second kappa shape index (κ2) is 3.23. The van der Waals surface area contributed by atoms with Crippen molar-refractivity contribution in [2.75, 3.05) is 7.11 Å². The lowest BCUT2D eigenvalue weighted by molar-refractivity contribution is 0.0593. The van der Waals surface area contributed by atoms with Crippen molar-refractivity contribution >= 4 is 11.6 Å². The van der Waals surface area contributed by atoms with Crippen molar-refractivity contribution in [2.45, 2.75) is 6.92 Å². The second-order valence-electron chi connectivity index (χ2n) is 3.09. The van der Waals surface area contributed by atoms with Gasteiger partial charge in [-0.1, -0.05) is 0 Å². The number of aryl methyl sites for hydroxylation is 1. The zero-order valence-electron chi connectivity index (χ0n) is 8.27. The van der Waals surface area contributed by atoms with Crippen molar-refractivity contribution in [3.8, 4) is 0 Å². The molecule has 0 aromatic carbocycles. The van der Waals surface area contributed by atoms with Crippen LogP contribution in [0.4, 0.5) is 0 Å². The molecule has 0 radical (unpaired) electrons. The summed E-state index contributed by atoms with van der Waals surface area (Å²) in [5.74, 6) is -0.530. The van der Waals surface area contributed by atoms with Gasteiger partial charge in [0.2, 0.25) is 0 Å². The normalized spacial score (nSPS) is 10.5. The molecule has 0 aliphatic rings. The number of carbonyl (C=O) groups excluding carboxylic acids is 1. The van der Waals surface area contributed by atoms with E-state index >= 15 is 0 Å². The van der Waals surface area contributed by atoms with Gasteiger partial charge in [-0.05, 0) is 6.92 Å². The third-order valence-electron chi connectivity index (χ3n) is 1.98. The predicted molar refractivity (Wildman–Crippen MR) is 51.9 cm³/mol. The van der Waals surface area contributed by atoms with Crippen LogP contribution in [0.15, 0.2) is 16.9 Å². The Morgan fingerprint density at radius 2 is 2.27 bits per heavy atom. The molecule has 2 rings (SSSR count). The van der Waals surface area contributed by atoms with E-state index in [4.69, 9.17) is 0 Å². The molecule has 78 valence electrons. The number of methoxy groups -OCH3 is 1. The summed E-state index contributed by atoms with van der Waals surface area (Å²) >= 11 is 0. The molecule has 0 unspecified atom stereocenters. The highest BCUT2D eigenvalue weighted by Gasteiger charge is 2.11. The summed E-state index contributed by atoms with van der Waals surface area (Å²) in [7, 11) is 1.27. The van der Waals surface area contributed by atoms with Gasteiger partial charge in [-0.2, -0.15) is 0 Å². The molecule has 15 heavy (non-hydrogen) atoms. The van der Waals surface area contributed by atoms with Crippen molar-refractivity contribution < 1.29 is 9.53 Å². The molecule has 0 aliphatic heterocycles. The van der Waals surface area contributed by atoms with E-state index in [0.29, 0.717) is 11.3 Å². The van der Waals surface area contributed by atoms with Crippen molar-refractivity contribution in [3.05, 3.63) is 33.9 Å². The van der Waals surface area contributed by atoms with Gasteiger partial charge in [-0.15, -0.1) is 0 Å². The summed E-state index contributed by atoms with van der Waals surface area (Å²) in [6.45, 7) is 1.71. The molecule has 0 saturated carbocycles. The third-order valence-corrected chi connectivity index (χ3v) is 1.98. The average Bonchev–Trinajstić information content (AvgIpc) is 2.60. The van der Waals surface area contributed by atoms with Crippen LogP contribution in [-0.4, -0.2) is 27.7 Å². The molecule has 0 saturated heterocycles. The topological polar surface area (TPSA) is 76.5 Å². The van der Waals surface area contributed by atoms with Crippen LogP contribution in [-0.2, 0) is 4.74 Å². The standard InChI is InChI=1S/C9H9N3O3/c1-5-3-8(13)12-7(10-5)4-6(11-12)9(14)15-2/h3-4,11H,1-2H3. The van der Waals surface area contributed by atoms with Crippen LogP contribution in [0.1, 0.15) is 16.2 Å². The summed E-state index contributed by atoms with van der Waals surface area (Å²) in [5, 5.41) is 2.61. The minimum Gasteiger partial charge on any atom is -0.464 e. The second-order valence-corrected chi connectivity index (χ2v) is 3.09. The number of esters is 1. The molecule has 6 heteroatoms. The number of aromatic amines is 1. The van der Waals surface area contributed by atoms with Crippen molar-refractivity contribution in [2.24, 2.45) is 0 Å². The monoisotopic (exact) mass is 207 g/mol. The molecule has 0 spiro atoms. The van der Waals surface area contributed by atoms with E-state index in [1.807, 2.05) is 0 Å². The Kier molecular flexibility index (Phi) is 2.03. The lowest BCUT2D eigenvalue weighted by atomic mass is 10.4. The summed E-state index contributed by atoms with van der Waals surface area (Å²) < 4.78 is 5.72. The highest BCUT2D eigenvalue weighted by Crippen LogP contribution is 2.03. The van der Waals surface area contributed by atoms with Gasteiger partial charge in [0.05, 0.1) is 7.11 Å². The van der Waals surface area contributed by atoms with Gasteiger partial charge >= 0.3 is 5.97 Å². The number of ether oxygens (including phenoxy) is 1. The highest BCUT2D eigenvalue weighted by atomic mass is 16.5. The Morgan fingerprint density at radius 3 is 2.93 bits per heavy atom. The van der Waals surface area contributed by atoms with Gasteiger partial charge in [0.25, 0.3) is 5.56 Å². The Balaban J connectivity index is 2.71. The summed E-state index contributed by atoms with van der Waals surface area (Å²) in [4.78, 5) is 26.7. The number of H-pyrrole nitrogens is 1. The first kappa shape index (κ1) is 9.45. The lowest BCUT2D eigenvalue weighted by Crippen LogP contribution is -2.15. The minimum atomic E-state index is -0.530. The molecule has 0 bridgehead atoms. The number of hydrogen-bond donors (Lipinski definition) is 1. The van der Waals surface area contributed by atoms with Crippen molar-refractivity contribution in [1.29, 1.82) is 0 Å². The Morgan fingerprint density at radius 1 is 1.53 bits per heavy atom. The minimum absolute atomic E-state index is 0.202. The van der Waals surface area contributed by atoms with Gasteiger partial charge < -0.3 is 4.74 Å². The SMILES string of the molecule is COC(=O)c1cc2nc(C)cc(=O)n2[nH]1. The first-order valence-corrected chi connectivity index (χ1v) is 4.29. The van der Waals surface area contributed by atoms with Crippen LogP contribution in [0.5, 0.6) is 0 Å². The van der Waals surface area contributed by atoms with Crippen LogP contribution in [0.3, 0.4) is 0 Å². The van der Waals surface area contributed by atoms with Crippen LogP contribution < -0.4 is 5.56 Å². The predicted octanol–water partition coefficient (Wildman–Crippen LogP) is 0.118. The Bertz CT molecular complexity index is 582. The van der Waals surface area contributed by atoms with E-state index in [-0.39, 0.29) is 11.3 Å². The molecule has 0 aliphatic carbocycles. The molecule has 1 N–H and O–H groups in total. The van der Waals surface area contributed by atoms with E-state index in [0.717, 1.165) is 0 Å². The number of aromatic nitrogens is 3. The van der Waals surface area contributed by atoms with E-state index in [9.17, 15) is 9.59 Å². The number of carbonyl (C=O) groups is 1. The summed E-state index contributed by atoms with van der Waals surface area (Å²) in [6, 6.07) is 2.85. The first-order valence-electron chi connectivity index (χ1n) is 4.29. The van der Waals surface area contributed by atoms with Crippen molar-refractivity contribution in [3.63, 3.8) is 0 Å². The number of hydrogen-bond acceptors (Lipinski definition) is 4. The van der Waals surface area contributed by atoms with E-state index < -0.39 is 5.97 Å². The Labute approximate surface area is 84.5 Å². The molecule has 2 heterocycles. The number of rotatable bonds is 1. The molecule has 2 aromatic rings. The molecular weight excluding hydrogens is 198 g/mol. The fourth-order valence-electron chi connectivity index (χ4n) is 1.32. The van der Waals surface area contributed by atoms with Crippen LogP contribution >= 0.6 is 0 Å². The molecule has 0 atom stereocenters. The average molecular weight is 207 g/mol. The fraction of sp³-hybridized carbons (Fsp3) is 0.222. The van der Waals surface area contributed by atoms with E-state index in [1.54, 1.807) is 6.92 Å². The lowest BCUT2D eigenvalue weighted by Gasteiger charge is -1.93. The Hall–Kier alpha value is -2.11. The number of fused-ring (bicyclic) bond motifs is 1. The van der Waals surface area contributed by atoms with Crippen molar-refractivity contribution in [1.82, 2.24) is 14.6 Å². The maximum absolute atomic E-state index is 11.5. The highest BCUT2D eigenvalue weighted by molar-refractivity contribution is 5.88. The van der Waals surface area contributed by atoms with Gasteiger partial charge in [-0.3, -0.25) is 9.89 Å². The zero-order valence-corrected chi connectivity index (χ0v) is 8.27. The van der Waals surface area contributed by atoms with Crippen LogP contribution in [0, 0.1) is 6.92 Å². The van der Waals surface area contributed by atoms with E-state index in [1.165, 1.54) is 23.8 Å². The molecule has 0 amide bonds. The van der Waals surface area contributed by atoms with Gasteiger partial charge in [-0.25, -0.2) is 14.3 Å². The quantitative estimate of drug-likeness (QED) is 0.674. The van der Waals surface area contributed by atoms with Gasteiger partial charge in [0.1, 0.15) is 5.69 Å². The largest absolute Gasteiger partial charge is 0.464 e. The molecule has 6 nitrogen and oxygen atoms in total.